The van der Waals surface area contributed by atoms with E-state index in [1.807, 2.05) is 0 Å². The first kappa shape index (κ1) is 17.1. The lowest BCUT2D eigenvalue weighted by Crippen LogP contribution is -2.20. The van der Waals surface area contributed by atoms with Crippen LogP contribution in [0.15, 0.2) is 42.5 Å². The Morgan fingerprint density at radius 1 is 1.12 bits per heavy atom. The molecule has 2 aromatic carbocycles. The van der Waals surface area contributed by atoms with Gasteiger partial charge in [0.05, 0.1) is 24.8 Å². The molecule has 0 aliphatic carbocycles. The highest BCUT2D eigenvalue weighted by atomic mass is 16.6. The fourth-order valence-electron chi connectivity index (χ4n) is 1.98. The van der Waals surface area contributed by atoms with Gasteiger partial charge in [0, 0.05) is 12.1 Å². The average Bonchev–Trinajstić information content (AvgIpc) is 2.60. The van der Waals surface area contributed by atoms with Crippen molar-refractivity contribution in [2.45, 2.75) is 0 Å². The molecule has 0 saturated carbocycles. The van der Waals surface area contributed by atoms with E-state index in [9.17, 15) is 14.9 Å². The van der Waals surface area contributed by atoms with E-state index in [2.05, 4.69) is 5.32 Å². The molecule has 0 atom stereocenters. The second-order valence-corrected chi connectivity index (χ2v) is 4.63. The van der Waals surface area contributed by atoms with Crippen molar-refractivity contribution in [1.29, 1.82) is 0 Å². The Balaban J connectivity index is 2.00. The highest BCUT2D eigenvalue weighted by Crippen LogP contribution is 2.30. The number of para-hydroxylation sites is 2. The Morgan fingerprint density at radius 2 is 1.83 bits per heavy atom. The topological polar surface area (TPSA) is 99.9 Å². The SMILES string of the molecule is COc1ccccc1NC(=O)COc1ccc([N+](=O)[O-])c(OC)c1. The van der Waals surface area contributed by atoms with Crippen molar-refractivity contribution in [2.75, 3.05) is 26.1 Å². The van der Waals surface area contributed by atoms with Crippen LogP contribution in [0.25, 0.3) is 0 Å². The van der Waals surface area contributed by atoms with E-state index in [-0.39, 0.29) is 23.8 Å². The standard InChI is InChI=1S/C16H16N2O6/c1-22-14-6-4-3-5-12(14)17-16(19)10-24-11-7-8-13(18(20)21)15(9-11)23-2/h3-9H,10H2,1-2H3,(H,17,19). The number of nitro benzene ring substituents is 1. The largest absolute Gasteiger partial charge is 0.495 e. The summed E-state index contributed by atoms with van der Waals surface area (Å²) in [5.74, 6) is 0.481. The fraction of sp³-hybridized carbons (Fsp3) is 0.188. The number of carbonyl (C=O) groups excluding carboxylic acids is 1. The van der Waals surface area contributed by atoms with Gasteiger partial charge in [-0.15, -0.1) is 0 Å². The van der Waals surface area contributed by atoms with E-state index >= 15 is 0 Å². The second kappa shape index (κ2) is 7.82. The minimum atomic E-state index is -0.559. The molecule has 24 heavy (non-hydrogen) atoms. The van der Waals surface area contributed by atoms with Crippen LogP contribution in [0.1, 0.15) is 0 Å². The third kappa shape index (κ3) is 4.13. The van der Waals surface area contributed by atoms with Gasteiger partial charge in [0.25, 0.3) is 5.91 Å². The summed E-state index contributed by atoms with van der Waals surface area (Å²) >= 11 is 0. The minimum Gasteiger partial charge on any atom is -0.495 e. The van der Waals surface area contributed by atoms with Crippen molar-refractivity contribution in [3.8, 4) is 17.2 Å². The zero-order valence-electron chi connectivity index (χ0n) is 13.1. The van der Waals surface area contributed by atoms with Crippen LogP contribution < -0.4 is 19.5 Å². The van der Waals surface area contributed by atoms with Crippen molar-refractivity contribution < 1.29 is 23.9 Å². The maximum Gasteiger partial charge on any atom is 0.311 e. The van der Waals surface area contributed by atoms with Crippen LogP contribution in [-0.4, -0.2) is 31.7 Å². The van der Waals surface area contributed by atoms with Gasteiger partial charge in [-0.2, -0.15) is 0 Å². The highest BCUT2D eigenvalue weighted by Gasteiger charge is 2.16. The number of hydrogen-bond donors (Lipinski definition) is 1. The molecule has 0 unspecified atom stereocenters. The van der Waals surface area contributed by atoms with Gasteiger partial charge in [-0.3, -0.25) is 14.9 Å². The van der Waals surface area contributed by atoms with E-state index in [0.29, 0.717) is 11.4 Å². The molecule has 126 valence electrons. The van der Waals surface area contributed by atoms with Gasteiger partial charge in [-0.1, -0.05) is 12.1 Å². The molecule has 0 fully saturated rings. The molecule has 2 aromatic rings. The average molecular weight is 332 g/mol. The van der Waals surface area contributed by atoms with Gasteiger partial charge >= 0.3 is 5.69 Å². The highest BCUT2D eigenvalue weighted by molar-refractivity contribution is 5.93. The smallest absolute Gasteiger partial charge is 0.311 e. The number of anilines is 1. The zero-order valence-corrected chi connectivity index (χ0v) is 13.1. The second-order valence-electron chi connectivity index (χ2n) is 4.63. The number of rotatable bonds is 7. The normalized spacial score (nSPS) is 9.92. The summed E-state index contributed by atoms with van der Waals surface area (Å²) in [5, 5.41) is 13.5. The Kier molecular flexibility index (Phi) is 5.56. The van der Waals surface area contributed by atoms with Crippen LogP contribution >= 0.6 is 0 Å². The van der Waals surface area contributed by atoms with Crippen LogP contribution in [0.5, 0.6) is 17.2 Å². The third-order valence-corrected chi connectivity index (χ3v) is 3.10. The predicted molar refractivity (Wildman–Crippen MR) is 86.8 cm³/mol. The number of amides is 1. The summed E-state index contributed by atoms with van der Waals surface area (Å²) in [6.45, 7) is -0.265. The number of ether oxygens (including phenoxy) is 3. The molecule has 0 aliphatic rings. The number of nitrogens with zero attached hydrogens (tertiary/aromatic N) is 1. The molecule has 8 heteroatoms. The molecule has 0 heterocycles. The number of nitro groups is 1. The van der Waals surface area contributed by atoms with Crippen molar-refractivity contribution in [1.82, 2.24) is 0 Å². The van der Waals surface area contributed by atoms with Gasteiger partial charge in [0.1, 0.15) is 11.5 Å². The van der Waals surface area contributed by atoms with E-state index in [4.69, 9.17) is 14.2 Å². The van der Waals surface area contributed by atoms with Crippen LogP contribution in [0.4, 0.5) is 11.4 Å². The zero-order chi connectivity index (χ0) is 17.5. The first-order valence-electron chi connectivity index (χ1n) is 6.93. The Morgan fingerprint density at radius 3 is 2.50 bits per heavy atom. The third-order valence-electron chi connectivity index (χ3n) is 3.10. The van der Waals surface area contributed by atoms with Crippen molar-refractivity contribution in [3.63, 3.8) is 0 Å². The maximum atomic E-state index is 12.0. The molecular weight excluding hydrogens is 316 g/mol. The van der Waals surface area contributed by atoms with Gasteiger partial charge in [0.15, 0.2) is 6.61 Å². The molecule has 1 N–H and O–H groups in total. The van der Waals surface area contributed by atoms with E-state index in [1.54, 1.807) is 24.3 Å². The molecule has 8 nitrogen and oxygen atoms in total. The Bertz CT molecular complexity index is 747. The van der Waals surface area contributed by atoms with Crippen LogP contribution in [-0.2, 0) is 4.79 Å². The Hall–Kier alpha value is -3.29. The lowest BCUT2D eigenvalue weighted by molar-refractivity contribution is -0.385. The van der Waals surface area contributed by atoms with Gasteiger partial charge < -0.3 is 19.5 Å². The van der Waals surface area contributed by atoms with Crippen molar-refractivity contribution >= 4 is 17.3 Å². The van der Waals surface area contributed by atoms with Crippen LogP contribution in [0.3, 0.4) is 0 Å². The van der Waals surface area contributed by atoms with Crippen LogP contribution in [0.2, 0.25) is 0 Å². The summed E-state index contributed by atoms with van der Waals surface area (Å²) < 4.78 is 15.4. The quantitative estimate of drug-likeness (QED) is 0.618. The lowest BCUT2D eigenvalue weighted by Gasteiger charge is -2.11. The molecule has 1 amide bonds. The van der Waals surface area contributed by atoms with Crippen LogP contribution in [0, 0.1) is 10.1 Å². The molecule has 0 bridgehead atoms. The summed E-state index contributed by atoms with van der Waals surface area (Å²) in [6.07, 6.45) is 0. The van der Waals surface area contributed by atoms with E-state index in [1.165, 1.54) is 32.4 Å². The molecule has 0 spiro atoms. The first-order valence-corrected chi connectivity index (χ1v) is 6.93. The molecule has 0 saturated heterocycles. The lowest BCUT2D eigenvalue weighted by atomic mass is 10.3. The summed E-state index contributed by atoms with van der Waals surface area (Å²) in [5.41, 5.74) is 0.346. The number of carbonyl (C=O) groups is 1. The monoisotopic (exact) mass is 332 g/mol. The number of nitrogens with one attached hydrogen (secondary N) is 1. The molecule has 0 aromatic heterocycles. The fourth-order valence-corrected chi connectivity index (χ4v) is 1.98. The summed E-state index contributed by atoms with van der Waals surface area (Å²) in [7, 11) is 2.82. The van der Waals surface area contributed by atoms with E-state index in [0.717, 1.165) is 0 Å². The minimum absolute atomic E-state index is 0.0580. The summed E-state index contributed by atoms with van der Waals surface area (Å²) in [4.78, 5) is 22.2. The van der Waals surface area contributed by atoms with E-state index < -0.39 is 10.8 Å². The molecule has 0 aliphatic heterocycles. The number of methoxy groups -OCH3 is 2. The van der Waals surface area contributed by atoms with Gasteiger partial charge in [0.2, 0.25) is 5.75 Å². The van der Waals surface area contributed by atoms with Gasteiger partial charge in [-0.25, -0.2) is 0 Å². The number of benzene rings is 2. The maximum absolute atomic E-state index is 12.0. The van der Waals surface area contributed by atoms with Gasteiger partial charge in [-0.05, 0) is 18.2 Å². The first-order chi connectivity index (χ1) is 11.5. The molecule has 0 radical (unpaired) electrons. The predicted octanol–water partition coefficient (Wildman–Crippen LogP) is 2.63. The van der Waals surface area contributed by atoms with Crippen molar-refractivity contribution in [2.24, 2.45) is 0 Å². The summed E-state index contributed by atoms with van der Waals surface area (Å²) in [6, 6.07) is 11.0. The Labute approximate surface area is 138 Å². The van der Waals surface area contributed by atoms with Crippen molar-refractivity contribution in [3.05, 3.63) is 52.6 Å². The molecule has 2 rings (SSSR count). The molecular formula is C16H16N2O6. The number of hydrogen-bond acceptors (Lipinski definition) is 6.